The van der Waals surface area contributed by atoms with Crippen molar-refractivity contribution in [3.05, 3.63) is 139 Å². The van der Waals surface area contributed by atoms with Crippen molar-refractivity contribution in [1.82, 2.24) is 0 Å². The third-order valence-electron chi connectivity index (χ3n) is 19.0. The van der Waals surface area contributed by atoms with Gasteiger partial charge in [0.05, 0.1) is 0 Å². The van der Waals surface area contributed by atoms with Gasteiger partial charge in [0.15, 0.2) is 0 Å². The molecule has 6 heterocycles. The van der Waals surface area contributed by atoms with Crippen LogP contribution in [-0.2, 0) is 25.7 Å². The number of hydrogen-bond donors (Lipinski definition) is 0. The van der Waals surface area contributed by atoms with Crippen LogP contribution >= 0.6 is 45.3 Å². The molecule has 3 aromatic carbocycles. The van der Waals surface area contributed by atoms with Crippen LogP contribution in [0.4, 0.5) is 22.7 Å². The fourth-order valence-corrected chi connectivity index (χ4v) is 18.6. The lowest BCUT2D eigenvalue weighted by Gasteiger charge is -2.40. The van der Waals surface area contributed by atoms with E-state index in [0.717, 1.165) is 146 Å². The van der Waals surface area contributed by atoms with Crippen molar-refractivity contribution in [3.8, 4) is 64.7 Å². The van der Waals surface area contributed by atoms with Gasteiger partial charge in [-0.15, -0.1) is 45.3 Å². The summed E-state index contributed by atoms with van der Waals surface area (Å²) in [6, 6.07) is 37.6. The van der Waals surface area contributed by atoms with Gasteiger partial charge in [0.25, 0.3) is 0 Å². The predicted octanol–water partition coefficient (Wildman–Crippen LogP) is 26.4. The third-order valence-corrected chi connectivity index (χ3v) is 23.8. The minimum absolute atomic E-state index is 0.0857. The minimum atomic E-state index is 0.0857. The Morgan fingerprint density at radius 2 is 0.641 bits per heavy atom. The Balaban J connectivity index is 1.23. The summed E-state index contributed by atoms with van der Waals surface area (Å²) in [5.74, 6) is 0. The summed E-state index contributed by atoms with van der Waals surface area (Å²) in [5, 5.41) is 49.5. The molecule has 0 N–H and O–H groups in total. The maximum Gasteiger partial charge on any atom is 0.138 e. The van der Waals surface area contributed by atoms with Crippen LogP contribution in [0.15, 0.2) is 94.7 Å². The van der Waals surface area contributed by atoms with Gasteiger partial charge in [-0.1, -0.05) is 195 Å². The molecule has 0 unspecified atom stereocenters. The highest BCUT2D eigenvalue weighted by Crippen LogP contribution is 2.56. The van der Waals surface area contributed by atoms with Crippen molar-refractivity contribution < 1.29 is 0 Å². The van der Waals surface area contributed by atoms with Gasteiger partial charge in [-0.2, -0.15) is 21.0 Å². The number of anilines is 4. The molecule has 0 spiro atoms. The van der Waals surface area contributed by atoms with Crippen molar-refractivity contribution in [3.63, 3.8) is 0 Å². The van der Waals surface area contributed by atoms with Crippen molar-refractivity contribution in [1.29, 1.82) is 21.0 Å². The van der Waals surface area contributed by atoms with Gasteiger partial charge in [0.1, 0.15) is 35.4 Å². The number of nitriles is 4. The van der Waals surface area contributed by atoms with Gasteiger partial charge in [0.2, 0.25) is 0 Å². The molecule has 2 aliphatic heterocycles. The van der Waals surface area contributed by atoms with E-state index in [2.05, 4.69) is 159 Å². The largest absolute Gasteiger partial charge is 0.340 e. The third kappa shape index (κ3) is 16.9. The zero-order valence-corrected chi connectivity index (χ0v) is 59.7. The van der Waals surface area contributed by atoms with Crippen molar-refractivity contribution >= 4 is 79.2 Å². The molecule has 0 bridgehead atoms. The summed E-state index contributed by atoms with van der Waals surface area (Å²) >= 11 is 7.54. The van der Waals surface area contributed by atoms with E-state index in [1.807, 2.05) is 45.3 Å². The Bertz CT molecular complexity index is 3510. The smallest absolute Gasteiger partial charge is 0.138 e. The van der Waals surface area contributed by atoms with Crippen LogP contribution in [0.3, 0.4) is 0 Å². The summed E-state index contributed by atoms with van der Waals surface area (Å²) in [4.78, 5) is 12.9. The van der Waals surface area contributed by atoms with Crippen LogP contribution in [0.5, 0.6) is 0 Å². The van der Waals surface area contributed by atoms with E-state index in [1.54, 1.807) is 0 Å². The fraction of sp³-hybridized carbons (Fsp3) is 0.488. The van der Waals surface area contributed by atoms with E-state index < -0.39 is 0 Å². The molecule has 0 radical (unpaired) electrons. The molecule has 6 nitrogen and oxygen atoms in total. The van der Waals surface area contributed by atoms with Crippen LogP contribution in [0.25, 0.3) is 51.5 Å². The van der Waals surface area contributed by atoms with Gasteiger partial charge >= 0.3 is 0 Å². The van der Waals surface area contributed by atoms with Gasteiger partial charge < -0.3 is 9.80 Å². The van der Waals surface area contributed by atoms with Crippen LogP contribution < -0.4 is 9.80 Å². The summed E-state index contributed by atoms with van der Waals surface area (Å²) in [5.41, 5.74) is 16.6. The average molecular weight is 1300 g/mol. The molecule has 9 rings (SSSR count). The summed E-state index contributed by atoms with van der Waals surface area (Å²) in [6.45, 7) is 15.1. The first-order valence-electron chi connectivity index (χ1n) is 35.8. The van der Waals surface area contributed by atoms with E-state index in [1.165, 1.54) is 180 Å². The van der Waals surface area contributed by atoms with Crippen LogP contribution in [0, 0.1) is 45.3 Å². The van der Waals surface area contributed by atoms with Gasteiger partial charge in [-0.3, -0.25) is 0 Å². The molecular weight excluding hydrogens is 1200 g/mol. The molecule has 2 aliphatic rings. The Morgan fingerprint density at radius 1 is 0.326 bits per heavy atom. The Hall–Kier alpha value is -6.50. The number of rotatable bonds is 38. The molecule has 10 heteroatoms. The second-order valence-electron chi connectivity index (χ2n) is 25.9. The zero-order valence-electron chi connectivity index (χ0n) is 56.4. The van der Waals surface area contributed by atoms with E-state index in [0.29, 0.717) is 11.1 Å². The Morgan fingerprint density at radius 3 is 0.989 bits per heavy atom. The summed E-state index contributed by atoms with van der Waals surface area (Å²) < 4.78 is 0. The lowest BCUT2D eigenvalue weighted by Crippen LogP contribution is -2.28. The highest BCUT2D eigenvalue weighted by Gasteiger charge is 2.36. The first-order chi connectivity index (χ1) is 45.3. The van der Waals surface area contributed by atoms with E-state index in [4.69, 9.17) is 0 Å². The van der Waals surface area contributed by atoms with Crippen LogP contribution in [0.1, 0.15) is 266 Å². The number of benzene rings is 3. The Labute approximate surface area is 570 Å². The molecular formula is C82H100N6S4. The molecule has 482 valence electrons. The van der Waals surface area contributed by atoms with Gasteiger partial charge in [-0.05, 0) is 169 Å². The molecule has 0 saturated heterocycles. The highest BCUT2D eigenvalue weighted by atomic mass is 32.1. The fourth-order valence-electron chi connectivity index (χ4n) is 14.0. The van der Waals surface area contributed by atoms with Gasteiger partial charge in [0, 0.05) is 98.5 Å². The molecule has 0 aliphatic carbocycles. The number of fused-ring (bicyclic) bond motifs is 4. The number of allylic oxidation sites excluding steroid dienone is 2. The molecule has 4 aromatic heterocycles. The highest BCUT2D eigenvalue weighted by molar-refractivity contribution is 7.24. The summed E-state index contributed by atoms with van der Waals surface area (Å²) in [7, 11) is 0. The van der Waals surface area contributed by atoms with Crippen molar-refractivity contribution in [2.75, 3.05) is 22.9 Å². The molecule has 0 atom stereocenters. The standard InChI is InChI=1S/C82H100N6S4/c1-7-13-19-25-27-33-45-87-71-41-39-63(79-61(37-31-23-17-11-5)51-75(91-79)81-59(43-47-89-81)35-29-21-15-9-3)49-67(71)77(65(55-83)56-84)69-54-74-70(53-73(69)87)78(66(57-85)58-86)68-50-64(40-42-72(68)88(74)46-34-28-26-20-14-8-2)80-62(38-32-24-18-12-6)52-76(92-80)82-60(44-48-90-82)36-30-22-16-10-4/h39-44,47-54H,7-38,45-46H2,1-6H3. The molecule has 92 heavy (non-hydrogen) atoms. The predicted molar refractivity (Wildman–Crippen MR) is 399 cm³/mol. The second-order valence-corrected chi connectivity index (χ2v) is 29.8. The molecule has 0 fully saturated rings. The maximum atomic E-state index is 11.2. The van der Waals surface area contributed by atoms with Crippen molar-refractivity contribution in [2.45, 2.75) is 247 Å². The molecule has 0 amide bonds. The first-order valence-corrected chi connectivity index (χ1v) is 39.2. The normalized spacial score (nSPS) is 12.3. The zero-order chi connectivity index (χ0) is 64.6. The topological polar surface area (TPSA) is 102 Å². The minimum Gasteiger partial charge on any atom is -0.340 e. The quantitative estimate of drug-likeness (QED) is 0.0282. The van der Waals surface area contributed by atoms with Gasteiger partial charge in [-0.25, -0.2) is 0 Å². The Kier molecular flexibility index (Phi) is 27.5. The monoisotopic (exact) mass is 1300 g/mol. The second kappa shape index (κ2) is 36.2. The summed E-state index contributed by atoms with van der Waals surface area (Å²) in [6.07, 6.45) is 37.1. The lowest BCUT2D eigenvalue weighted by molar-refractivity contribution is 0.608. The van der Waals surface area contributed by atoms with Crippen LogP contribution in [0.2, 0.25) is 0 Å². The lowest BCUT2D eigenvalue weighted by atomic mass is 9.80. The average Bonchev–Trinajstić information content (AvgIpc) is 0.862. The van der Waals surface area contributed by atoms with E-state index >= 15 is 0 Å². The first kappa shape index (κ1) is 69.8. The van der Waals surface area contributed by atoms with E-state index in [-0.39, 0.29) is 11.1 Å². The number of aryl methyl sites for hydroxylation is 4. The maximum absolute atomic E-state index is 11.2. The van der Waals surface area contributed by atoms with Crippen LogP contribution in [-0.4, -0.2) is 13.1 Å². The number of hydrogen-bond acceptors (Lipinski definition) is 10. The molecule has 0 saturated carbocycles. The SMILES string of the molecule is CCCCCCCCN1c2ccc(-c3sc(-c4sccc4CCCCCC)cc3CCCCCC)cc2C(=C(C#N)C#N)c2cc3c(cc21)C(=C(C#N)C#N)c1cc(-c2sc(-c4sccc4CCCCCC)cc2CCCCCC)ccc1N3CCCCCCCC. The number of unbranched alkanes of at least 4 members (excludes halogenated alkanes) is 22. The van der Waals surface area contributed by atoms with E-state index in [9.17, 15) is 21.0 Å². The number of nitrogens with zero attached hydrogens (tertiary/aromatic N) is 6. The number of thiophene rings is 4. The molecule has 7 aromatic rings. The van der Waals surface area contributed by atoms with Crippen molar-refractivity contribution in [2.24, 2.45) is 0 Å².